The summed E-state index contributed by atoms with van der Waals surface area (Å²) < 4.78 is 20.9. The molecule has 0 saturated heterocycles. The summed E-state index contributed by atoms with van der Waals surface area (Å²) in [6.07, 6.45) is 0. The molecule has 0 spiro atoms. The first-order chi connectivity index (χ1) is 8.19. The van der Waals surface area contributed by atoms with Gasteiger partial charge in [-0.15, -0.1) is 0 Å². The van der Waals surface area contributed by atoms with E-state index in [0.29, 0.717) is 53.6 Å². The molecule has 0 heterocycles. The minimum atomic E-state index is -0.0672. The zero-order valence-corrected chi connectivity index (χ0v) is 13.4. The van der Waals surface area contributed by atoms with E-state index in [4.69, 9.17) is 0 Å². The Kier molecular flexibility index (Phi) is 12.3. The molecule has 1 radical (unpaired) electrons. The zero-order valence-electron chi connectivity index (χ0n) is 10.4. The van der Waals surface area contributed by atoms with Gasteiger partial charge < -0.3 is 15.5 Å². The van der Waals surface area contributed by atoms with Gasteiger partial charge in [0.05, 0.1) is 13.1 Å². The Bertz CT molecular complexity index is 394. The van der Waals surface area contributed by atoms with E-state index in [1.807, 2.05) is 11.8 Å². The van der Waals surface area contributed by atoms with Gasteiger partial charge in [-0.25, -0.2) is 0 Å². The minimum Gasteiger partial charge on any atom is -2.00 e. The van der Waals surface area contributed by atoms with Gasteiger partial charge in [-0.3, -0.25) is 0 Å². The summed E-state index contributed by atoms with van der Waals surface area (Å²) in [4.78, 5) is 1.81. The molecular weight excluding hydrogens is 325 g/mol. The van der Waals surface area contributed by atoms with E-state index in [1.165, 1.54) is 6.07 Å². The Morgan fingerprint density at radius 2 is 1.68 bits per heavy atom. The maximum absolute atomic E-state index is 11.7. The van der Waals surface area contributed by atoms with Crippen LogP contribution in [0.15, 0.2) is 18.2 Å². The van der Waals surface area contributed by atoms with Gasteiger partial charge in [-0.1, -0.05) is 17.9 Å². The molecule has 0 N–H and O–H groups in total. The molecule has 0 saturated carbocycles. The van der Waals surface area contributed by atoms with Crippen molar-refractivity contribution < 1.29 is 37.6 Å². The Balaban J connectivity index is 0. The van der Waals surface area contributed by atoms with Crippen LogP contribution < -0.4 is 10.0 Å². The molecule has 0 bridgehead atoms. The molecule has 0 aliphatic heterocycles. The number of benzene rings is 1. The molecule has 0 aliphatic carbocycles. The van der Waals surface area contributed by atoms with Gasteiger partial charge in [-0.05, 0) is 18.6 Å². The van der Waals surface area contributed by atoms with E-state index in [1.54, 1.807) is 12.1 Å². The fourth-order valence-corrected chi connectivity index (χ4v) is 2.11. The summed E-state index contributed by atoms with van der Waals surface area (Å²) in [5.41, 5.74) is 1.57. The monoisotopic (exact) mass is 339 g/mol. The van der Waals surface area contributed by atoms with E-state index in [-0.39, 0.29) is 29.8 Å². The first-order valence-electron chi connectivity index (χ1n) is 5.21. The molecule has 0 unspecified atom stereocenters. The topological polar surface area (TPSA) is 88.9 Å². The molecule has 0 fully saturated rings. The SMILES string of the molecule is Cc1ccc([O-])c(N(CC[S+]=O)CC[S+]=O)c1.[O-2].[V+2]. The molecule has 0 aromatic heterocycles. The van der Waals surface area contributed by atoms with Gasteiger partial charge in [0.25, 0.3) is 0 Å². The van der Waals surface area contributed by atoms with Gasteiger partial charge in [0, 0.05) is 14.1 Å². The summed E-state index contributed by atoms with van der Waals surface area (Å²) in [6.45, 7) is 2.90. The summed E-state index contributed by atoms with van der Waals surface area (Å²) in [5, 5.41) is 11.7. The van der Waals surface area contributed by atoms with E-state index < -0.39 is 0 Å². The van der Waals surface area contributed by atoms with Crippen LogP contribution in [0.5, 0.6) is 5.75 Å². The molecule has 103 valence electrons. The normalized spacial score (nSPS) is 8.89. The van der Waals surface area contributed by atoms with Gasteiger partial charge in [-0.2, -0.15) is 0 Å². The van der Waals surface area contributed by atoms with Crippen LogP contribution >= 0.6 is 0 Å². The average Bonchev–Trinajstić information content (AvgIpc) is 2.33. The van der Waals surface area contributed by atoms with Crippen molar-refractivity contribution in [2.75, 3.05) is 29.5 Å². The first kappa shape index (κ1) is 20.7. The second kappa shape index (κ2) is 11.2. The fourth-order valence-electron chi connectivity index (χ4n) is 1.52. The van der Waals surface area contributed by atoms with Crippen molar-refractivity contribution in [2.24, 2.45) is 0 Å². The molecule has 1 aromatic carbocycles. The maximum Gasteiger partial charge on any atom is 2.00 e. The Labute approximate surface area is 132 Å². The van der Waals surface area contributed by atoms with Crippen molar-refractivity contribution >= 4 is 29.0 Å². The van der Waals surface area contributed by atoms with Gasteiger partial charge >= 0.3 is 41.9 Å². The van der Waals surface area contributed by atoms with Crippen molar-refractivity contribution in [3.63, 3.8) is 0 Å². The van der Waals surface area contributed by atoms with Crippen LogP contribution in [0.4, 0.5) is 5.69 Å². The van der Waals surface area contributed by atoms with E-state index in [9.17, 15) is 13.5 Å². The minimum absolute atomic E-state index is 0. The second-order valence-corrected chi connectivity index (χ2v) is 4.89. The zero-order chi connectivity index (χ0) is 12.7. The van der Waals surface area contributed by atoms with Crippen LogP contribution in [0.2, 0.25) is 0 Å². The molecule has 0 amide bonds. The van der Waals surface area contributed by atoms with Crippen LogP contribution in [-0.4, -0.2) is 24.6 Å². The van der Waals surface area contributed by atoms with Crippen LogP contribution in [0.1, 0.15) is 5.56 Å². The Morgan fingerprint density at radius 1 is 1.16 bits per heavy atom. The quantitative estimate of drug-likeness (QED) is 0.681. The van der Waals surface area contributed by atoms with E-state index >= 15 is 0 Å². The second-order valence-electron chi connectivity index (χ2n) is 3.60. The predicted octanol–water partition coefficient (Wildman–Crippen LogP) is 0.610. The third kappa shape index (κ3) is 6.93. The molecule has 5 nitrogen and oxygen atoms in total. The third-order valence-corrected chi connectivity index (χ3v) is 3.04. The standard InChI is InChI=1S/C11H14NO3S2.O.V/c1-9-2-3-11(13)10(8-9)12(4-6-16-14)5-7-17-15;;/h2-3,8H,4-7H2,1H3;;/q+1;-2;+2. The van der Waals surface area contributed by atoms with Crippen LogP contribution in [-0.2, 0) is 55.8 Å². The maximum atomic E-state index is 11.7. The van der Waals surface area contributed by atoms with E-state index in [2.05, 4.69) is 0 Å². The molecule has 19 heavy (non-hydrogen) atoms. The Hall–Kier alpha value is -0.596. The summed E-state index contributed by atoms with van der Waals surface area (Å²) in [6, 6.07) is 5.08. The molecule has 1 aromatic rings. The van der Waals surface area contributed by atoms with Crippen molar-refractivity contribution in [1.82, 2.24) is 0 Å². The van der Waals surface area contributed by atoms with E-state index in [0.717, 1.165) is 5.56 Å². The first-order valence-corrected chi connectivity index (χ1v) is 7.03. The summed E-state index contributed by atoms with van der Waals surface area (Å²) >= 11 is 0.979. The molecule has 8 heteroatoms. The fraction of sp³-hybridized carbons (Fsp3) is 0.455. The smallest absolute Gasteiger partial charge is 2.00 e. The van der Waals surface area contributed by atoms with Crippen LogP contribution in [0.3, 0.4) is 0 Å². The van der Waals surface area contributed by atoms with Crippen LogP contribution in [0.25, 0.3) is 0 Å². The number of aryl methyl sites for hydroxylation is 1. The summed E-state index contributed by atoms with van der Waals surface area (Å²) in [7, 11) is 0. The molecule has 1 rings (SSSR count). The van der Waals surface area contributed by atoms with Crippen molar-refractivity contribution in [1.29, 1.82) is 0 Å². The molecular formula is C11H14NO4S2V+. The van der Waals surface area contributed by atoms with Crippen molar-refractivity contribution in [3.8, 4) is 5.75 Å². The average molecular weight is 339 g/mol. The van der Waals surface area contributed by atoms with Crippen molar-refractivity contribution in [2.45, 2.75) is 6.92 Å². The predicted molar refractivity (Wildman–Crippen MR) is 69.4 cm³/mol. The third-order valence-electron chi connectivity index (χ3n) is 2.34. The van der Waals surface area contributed by atoms with Gasteiger partial charge in [0.2, 0.25) is 11.5 Å². The van der Waals surface area contributed by atoms with Crippen LogP contribution in [0, 0.1) is 6.92 Å². The van der Waals surface area contributed by atoms with Gasteiger partial charge in [0.1, 0.15) is 0 Å². The largest absolute Gasteiger partial charge is 2.00 e. The van der Waals surface area contributed by atoms with Gasteiger partial charge in [0.15, 0.2) is 0 Å². The number of rotatable bonds is 7. The molecule has 0 aliphatic rings. The number of hydrogen-bond donors (Lipinski definition) is 0. The Morgan fingerprint density at radius 3 is 2.16 bits per heavy atom. The number of hydrogen-bond acceptors (Lipinski definition) is 4. The number of nitrogens with zero attached hydrogens (tertiary/aromatic N) is 1. The number of anilines is 1. The molecule has 0 atom stereocenters. The summed E-state index contributed by atoms with van der Waals surface area (Å²) in [5.74, 6) is 0.732. The van der Waals surface area contributed by atoms with Crippen molar-refractivity contribution in [3.05, 3.63) is 23.8 Å².